The number of hydrogen-bond acceptors (Lipinski definition) is 8. The second-order valence-corrected chi connectivity index (χ2v) is 6.08. The van der Waals surface area contributed by atoms with Gasteiger partial charge in [-0.25, -0.2) is 5.43 Å². The maximum Gasteiger partial charge on any atom is 0.329 e. The monoisotopic (exact) mass is 430 g/mol. The third kappa shape index (κ3) is 6.42. The number of ether oxygens (including phenoxy) is 3. The Balaban J connectivity index is 1.85. The van der Waals surface area contributed by atoms with Crippen LogP contribution in [0.4, 0.5) is 5.69 Å². The third-order valence-corrected chi connectivity index (χ3v) is 4.13. The molecule has 164 valence electrons. The van der Waals surface area contributed by atoms with E-state index in [1.807, 2.05) is 6.07 Å². The molecule has 2 aromatic carbocycles. The summed E-state index contributed by atoms with van der Waals surface area (Å²) in [6.07, 6.45) is 1.65. The van der Waals surface area contributed by atoms with Gasteiger partial charge < -0.3 is 19.5 Å². The molecule has 11 nitrogen and oxygen atoms in total. The normalized spacial score (nSPS) is 10.4. The summed E-state index contributed by atoms with van der Waals surface area (Å²) < 4.78 is 15.3. The largest absolute Gasteiger partial charge is 0.493 e. The predicted molar refractivity (Wildman–Crippen MR) is 112 cm³/mol. The van der Waals surface area contributed by atoms with Gasteiger partial charge in [0, 0.05) is 18.2 Å². The van der Waals surface area contributed by atoms with E-state index in [-0.39, 0.29) is 18.0 Å². The molecule has 2 amide bonds. The summed E-state index contributed by atoms with van der Waals surface area (Å²) in [6, 6.07) is 9.51. The van der Waals surface area contributed by atoms with E-state index in [9.17, 15) is 19.7 Å². The van der Waals surface area contributed by atoms with Crippen molar-refractivity contribution >= 4 is 23.7 Å². The van der Waals surface area contributed by atoms with Gasteiger partial charge in [0.05, 0.1) is 32.5 Å². The van der Waals surface area contributed by atoms with Gasteiger partial charge in [-0.05, 0) is 36.2 Å². The van der Waals surface area contributed by atoms with E-state index >= 15 is 0 Å². The molecule has 0 aliphatic heterocycles. The van der Waals surface area contributed by atoms with E-state index < -0.39 is 16.7 Å². The van der Waals surface area contributed by atoms with Crippen molar-refractivity contribution in [1.29, 1.82) is 0 Å². The quantitative estimate of drug-likeness (QED) is 0.265. The van der Waals surface area contributed by atoms with Crippen LogP contribution in [0.2, 0.25) is 0 Å². The standard InChI is InChI=1S/C20H22N4O7/c1-29-16-6-5-14(10-15(16)24(27)28)12-22-23-20(26)19(25)21-9-8-13-4-7-17(30-2)18(11-13)31-3/h4-7,10-12H,8-9H2,1-3H3,(H,21,25)(H,23,26)/b22-12-. The van der Waals surface area contributed by atoms with Crippen molar-refractivity contribution in [3.05, 3.63) is 57.6 Å². The first-order chi connectivity index (χ1) is 14.9. The van der Waals surface area contributed by atoms with Gasteiger partial charge in [0.2, 0.25) is 0 Å². The topological polar surface area (TPSA) is 141 Å². The molecule has 0 heterocycles. The van der Waals surface area contributed by atoms with Gasteiger partial charge in [0.25, 0.3) is 0 Å². The molecule has 0 aromatic heterocycles. The maximum absolute atomic E-state index is 11.9. The molecule has 2 aromatic rings. The summed E-state index contributed by atoms with van der Waals surface area (Å²) >= 11 is 0. The van der Waals surface area contributed by atoms with E-state index in [2.05, 4.69) is 15.8 Å². The number of methoxy groups -OCH3 is 3. The lowest BCUT2D eigenvalue weighted by Crippen LogP contribution is -2.38. The molecule has 11 heteroatoms. The molecule has 0 aliphatic carbocycles. The number of nitro groups is 1. The number of rotatable bonds is 9. The Morgan fingerprint density at radius 2 is 1.68 bits per heavy atom. The highest BCUT2D eigenvalue weighted by Crippen LogP contribution is 2.28. The highest BCUT2D eigenvalue weighted by atomic mass is 16.6. The van der Waals surface area contributed by atoms with Crippen LogP contribution in [-0.4, -0.2) is 50.8 Å². The van der Waals surface area contributed by atoms with Crippen molar-refractivity contribution < 1.29 is 28.7 Å². The molecule has 0 atom stereocenters. The lowest BCUT2D eigenvalue weighted by Gasteiger charge is -2.10. The van der Waals surface area contributed by atoms with Crippen molar-refractivity contribution in [3.63, 3.8) is 0 Å². The highest BCUT2D eigenvalue weighted by Gasteiger charge is 2.15. The van der Waals surface area contributed by atoms with Crippen LogP contribution in [0.5, 0.6) is 17.2 Å². The summed E-state index contributed by atoms with van der Waals surface area (Å²) in [6.45, 7) is 0.218. The molecule has 2 N–H and O–H groups in total. The summed E-state index contributed by atoms with van der Waals surface area (Å²) in [7, 11) is 4.38. The Hall–Kier alpha value is -4.15. The number of amides is 2. The fourth-order valence-corrected chi connectivity index (χ4v) is 2.58. The molecule has 0 saturated heterocycles. The number of nitrogens with one attached hydrogen (secondary N) is 2. The Kier molecular flexibility index (Phi) is 8.31. The Labute approximate surface area is 178 Å². The van der Waals surface area contributed by atoms with Gasteiger partial charge in [-0.2, -0.15) is 5.10 Å². The van der Waals surface area contributed by atoms with Crippen LogP contribution in [0.15, 0.2) is 41.5 Å². The van der Waals surface area contributed by atoms with Crippen molar-refractivity contribution in [1.82, 2.24) is 10.7 Å². The average molecular weight is 430 g/mol. The lowest BCUT2D eigenvalue weighted by molar-refractivity contribution is -0.385. The molecule has 0 spiro atoms. The van der Waals surface area contributed by atoms with E-state index in [1.165, 1.54) is 45.7 Å². The number of benzene rings is 2. The second kappa shape index (κ2) is 11.1. The molecule has 0 saturated carbocycles. The van der Waals surface area contributed by atoms with Crippen LogP contribution in [0.1, 0.15) is 11.1 Å². The minimum absolute atomic E-state index is 0.0973. The minimum atomic E-state index is -0.966. The molecular formula is C20H22N4O7. The summed E-state index contributed by atoms with van der Waals surface area (Å²) in [4.78, 5) is 34.1. The molecule has 0 bridgehead atoms. The molecule has 31 heavy (non-hydrogen) atoms. The van der Waals surface area contributed by atoms with Crippen LogP contribution >= 0.6 is 0 Å². The van der Waals surface area contributed by atoms with Crippen LogP contribution in [-0.2, 0) is 16.0 Å². The summed E-state index contributed by atoms with van der Waals surface area (Å²) in [5.41, 5.74) is 3.06. The van der Waals surface area contributed by atoms with Crippen LogP contribution < -0.4 is 25.0 Å². The van der Waals surface area contributed by atoms with Gasteiger partial charge >= 0.3 is 17.5 Å². The minimum Gasteiger partial charge on any atom is -0.493 e. The molecule has 2 rings (SSSR count). The smallest absolute Gasteiger partial charge is 0.329 e. The maximum atomic E-state index is 11.9. The fourth-order valence-electron chi connectivity index (χ4n) is 2.58. The molecule has 0 unspecified atom stereocenters. The number of carbonyl (C=O) groups excluding carboxylic acids is 2. The number of nitro benzene ring substituents is 1. The van der Waals surface area contributed by atoms with Crippen molar-refractivity contribution in [3.8, 4) is 17.2 Å². The number of carbonyl (C=O) groups is 2. The molecular weight excluding hydrogens is 408 g/mol. The van der Waals surface area contributed by atoms with Crippen LogP contribution in [0.25, 0.3) is 0 Å². The van der Waals surface area contributed by atoms with Crippen molar-refractivity contribution in [2.24, 2.45) is 5.10 Å². The molecule has 0 fully saturated rings. The summed E-state index contributed by atoms with van der Waals surface area (Å²) in [5, 5.41) is 17.1. The van der Waals surface area contributed by atoms with Gasteiger partial charge in [0.1, 0.15) is 0 Å². The van der Waals surface area contributed by atoms with E-state index in [1.54, 1.807) is 12.1 Å². The Bertz CT molecular complexity index is 991. The second-order valence-electron chi connectivity index (χ2n) is 6.08. The first-order valence-corrected chi connectivity index (χ1v) is 9.04. The van der Waals surface area contributed by atoms with Crippen LogP contribution in [0.3, 0.4) is 0 Å². The predicted octanol–water partition coefficient (Wildman–Crippen LogP) is 1.43. The zero-order chi connectivity index (χ0) is 22.8. The summed E-state index contributed by atoms with van der Waals surface area (Å²) in [5.74, 6) is -0.572. The SMILES string of the molecule is COc1ccc(CCNC(=O)C(=O)N/N=C\c2ccc(OC)c([N+](=O)[O-])c2)cc1OC. The van der Waals surface area contributed by atoms with Gasteiger partial charge in [0.15, 0.2) is 17.2 Å². The van der Waals surface area contributed by atoms with E-state index in [4.69, 9.17) is 14.2 Å². The zero-order valence-electron chi connectivity index (χ0n) is 17.2. The lowest BCUT2D eigenvalue weighted by atomic mass is 10.1. The Morgan fingerprint density at radius 1 is 1.00 bits per heavy atom. The number of nitrogens with zero attached hydrogens (tertiary/aromatic N) is 2. The zero-order valence-corrected chi connectivity index (χ0v) is 17.2. The fraction of sp³-hybridized carbons (Fsp3) is 0.250. The highest BCUT2D eigenvalue weighted by molar-refractivity contribution is 6.35. The van der Waals surface area contributed by atoms with Gasteiger partial charge in [-0.1, -0.05) is 6.07 Å². The average Bonchev–Trinajstić information content (AvgIpc) is 2.78. The first-order valence-electron chi connectivity index (χ1n) is 9.04. The first kappa shape index (κ1) is 23.1. The van der Waals surface area contributed by atoms with E-state index in [0.717, 1.165) is 5.56 Å². The van der Waals surface area contributed by atoms with Gasteiger partial charge in [-0.15, -0.1) is 0 Å². The van der Waals surface area contributed by atoms with E-state index in [0.29, 0.717) is 23.5 Å². The van der Waals surface area contributed by atoms with Gasteiger partial charge in [-0.3, -0.25) is 19.7 Å². The number of hydrogen-bond donors (Lipinski definition) is 2. The van der Waals surface area contributed by atoms with Crippen molar-refractivity contribution in [2.45, 2.75) is 6.42 Å². The molecule has 0 radical (unpaired) electrons. The number of hydrazone groups is 1. The third-order valence-electron chi connectivity index (χ3n) is 4.13. The van der Waals surface area contributed by atoms with Crippen molar-refractivity contribution in [2.75, 3.05) is 27.9 Å². The molecule has 0 aliphatic rings. The Morgan fingerprint density at radius 3 is 2.32 bits per heavy atom. The van der Waals surface area contributed by atoms with Crippen LogP contribution in [0, 0.1) is 10.1 Å².